The fraction of sp³-hybridized carbons (Fsp3) is 0.760. The molecule has 3 saturated heterocycles. The maximum absolute atomic E-state index is 13.0. The maximum atomic E-state index is 13.0. The van der Waals surface area contributed by atoms with E-state index in [0.29, 0.717) is 17.4 Å². The molecule has 0 N–H and O–H groups in total. The van der Waals surface area contributed by atoms with Gasteiger partial charge in [0.05, 0.1) is 18.3 Å². The molecule has 0 aromatic carbocycles. The molecule has 34 heavy (non-hydrogen) atoms. The van der Waals surface area contributed by atoms with Gasteiger partial charge >= 0.3 is 6.03 Å². The number of amides is 2. The molecule has 3 aliphatic heterocycles. The standard InChI is InChI=1S/C25H35N7O2/c1-23(2,3)19-9-34-20(27-19)8-29-10-25(11-29)14-31(15-25)22(33)30-12-24(13-30)6-18(7-24)32-16-26-21(28-32)17-4-5-17/h9,16-18H,4-8,10-15H2,1-3H3. The van der Waals surface area contributed by atoms with Gasteiger partial charge in [-0.2, -0.15) is 5.10 Å². The van der Waals surface area contributed by atoms with Gasteiger partial charge in [0.2, 0.25) is 5.89 Å². The topological polar surface area (TPSA) is 83.5 Å². The van der Waals surface area contributed by atoms with Crippen LogP contribution in [0.3, 0.4) is 0 Å². The average Bonchev–Trinajstić information content (AvgIpc) is 3.19. The van der Waals surface area contributed by atoms with Gasteiger partial charge in [0, 0.05) is 61.4 Å². The second kappa shape index (κ2) is 6.83. The van der Waals surface area contributed by atoms with Gasteiger partial charge in [0.15, 0.2) is 5.82 Å². The Morgan fingerprint density at radius 1 is 1.06 bits per heavy atom. The van der Waals surface area contributed by atoms with Gasteiger partial charge in [-0.25, -0.2) is 19.4 Å². The van der Waals surface area contributed by atoms with Crippen molar-refractivity contribution in [1.29, 1.82) is 0 Å². The number of likely N-dealkylation sites (tertiary alicyclic amines) is 3. The second-order valence-corrected chi connectivity index (χ2v) is 12.9. The van der Waals surface area contributed by atoms with Crippen LogP contribution in [-0.4, -0.2) is 79.7 Å². The third-order valence-electron chi connectivity index (χ3n) is 8.62. The first-order chi connectivity index (χ1) is 16.2. The molecule has 9 heteroatoms. The van der Waals surface area contributed by atoms with E-state index < -0.39 is 0 Å². The molecule has 2 aromatic rings. The van der Waals surface area contributed by atoms with Crippen molar-refractivity contribution < 1.29 is 9.21 Å². The van der Waals surface area contributed by atoms with Crippen LogP contribution in [0.15, 0.2) is 17.0 Å². The van der Waals surface area contributed by atoms with E-state index >= 15 is 0 Å². The highest BCUT2D eigenvalue weighted by Gasteiger charge is 2.58. The summed E-state index contributed by atoms with van der Waals surface area (Å²) < 4.78 is 7.76. The van der Waals surface area contributed by atoms with Gasteiger partial charge in [-0.3, -0.25) is 4.90 Å². The molecule has 7 rings (SSSR count). The Labute approximate surface area is 200 Å². The van der Waals surface area contributed by atoms with Crippen molar-refractivity contribution in [1.82, 2.24) is 34.4 Å². The summed E-state index contributed by atoms with van der Waals surface area (Å²) in [5.41, 5.74) is 1.63. The van der Waals surface area contributed by atoms with E-state index in [1.165, 1.54) is 12.8 Å². The molecule has 9 nitrogen and oxygen atoms in total. The third-order valence-corrected chi connectivity index (χ3v) is 8.62. The Morgan fingerprint density at radius 2 is 1.74 bits per heavy atom. The minimum absolute atomic E-state index is 0.0124. The van der Waals surface area contributed by atoms with Crippen LogP contribution >= 0.6 is 0 Å². The number of rotatable bonds is 4. The van der Waals surface area contributed by atoms with Crippen LogP contribution < -0.4 is 0 Å². The number of carbonyl (C=O) groups excluding carboxylic acids is 1. The first-order valence-electron chi connectivity index (χ1n) is 12.8. The number of aromatic nitrogens is 4. The lowest BCUT2D eigenvalue weighted by Crippen LogP contribution is -2.75. The monoisotopic (exact) mass is 465 g/mol. The Hall–Kier alpha value is -2.42. The summed E-state index contributed by atoms with van der Waals surface area (Å²) >= 11 is 0. The fourth-order valence-corrected chi connectivity index (χ4v) is 6.51. The smallest absolute Gasteiger partial charge is 0.320 e. The van der Waals surface area contributed by atoms with E-state index in [1.807, 2.05) is 11.2 Å². The highest BCUT2D eigenvalue weighted by atomic mass is 16.3. The molecule has 0 bridgehead atoms. The van der Waals surface area contributed by atoms with E-state index in [0.717, 1.165) is 76.1 Å². The number of hydrogen-bond donors (Lipinski definition) is 0. The molecule has 5 aliphatic rings. The summed E-state index contributed by atoms with van der Waals surface area (Å²) in [6.07, 6.45) is 8.44. The van der Waals surface area contributed by atoms with E-state index in [2.05, 4.69) is 45.2 Å². The van der Waals surface area contributed by atoms with E-state index in [9.17, 15) is 4.79 Å². The van der Waals surface area contributed by atoms with Crippen molar-refractivity contribution in [3.05, 3.63) is 30.0 Å². The molecule has 5 heterocycles. The van der Waals surface area contributed by atoms with Gasteiger partial charge in [0.1, 0.15) is 12.6 Å². The van der Waals surface area contributed by atoms with Gasteiger partial charge < -0.3 is 14.2 Å². The lowest BCUT2D eigenvalue weighted by molar-refractivity contribution is -0.121. The molecule has 2 aromatic heterocycles. The summed E-state index contributed by atoms with van der Waals surface area (Å²) in [5, 5.41) is 4.70. The zero-order valence-electron chi connectivity index (χ0n) is 20.5. The second-order valence-electron chi connectivity index (χ2n) is 12.9. The van der Waals surface area contributed by atoms with Crippen molar-refractivity contribution >= 4 is 6.03 Å². The lowest BCUT2D eigenvalue weighted by Gasteiger charge is -2.63. The van der Waals surface area contributed by atoms with Crippen LogP contribution in [0.1, 0.15) is 75.8 Å². The molecule has 5 fully saturated rings. The van der Waals surface area contributed by atoms with Gasteiger partial charge in [-0.05, 0) is 25.7 Å². The normalized spacial score (nSPS) is 25.7. The summed E-state index contributed by atoms with van der Waals surface area (Å²) in [5.74, 6) is 2.44. The highest BCUT2D eigenvalue weighted by molar-refractivity contribution is 5.77. The van der Waals surface area contributed by atoms with Crippen LogP contribution in [0.4, 0.5) is 4.79 Å². The van der Waals surface area contributed by atoms with Gasteiger partial charge in [-0.15, -0.1) is 0 Å². The van der Waals surface area contributed by atoms with Crippen molar-refractivity contribution in [2.24, 2.45) is 10.8 Å². The molecular formula is C25H35N7O2. The van der Waals surface area contributed by atoms with E-state index in [-0.39, 0.29) is 16.9 Å². The molecule has 2 saturated carbocycles. The highest BCUT2D eigenvalue weighted by Crippen LogP contribution is 2.54. The molecule has 2 amide bonds. The van der Waals surface area contributed by atoms with Crippen LogP contribution in [-0.2, 0) is 12.0 Å². The first kappa shape index (κ1) is 20.9. The molecular weight excluding hydrogens is 430 g/mol. The first-order valence-corrected chi connectivity index (χ1v) is 12.8. The Balaban J connectivity index is 0.844. The SMILES string of the molecule is CC(C)(C)c1coc(CN2CC3(C2)CN(C(=O)N2CC4(CC(n5cnc(C6CC6)n5)C4)C2)C3)n1. The number of oxazole rings is 1. The van der Waals surface area contributed by atoms with Crippen molar-refractivity contribution in [3.63, 3.8) is 0 Å². The van der Waals surface area contributed by atoms with Crippen molar-refractivity contribution in [3.8, 4) is 0 Å². The fourth-order valence-electron chi connectivity index (χ4n) is 6.51. The van der Waals surface area contributed by atoms with Crippen LogP contribution in [0.2, 0.25) is 0 Å². The maximum Gasteiger partial charge on any atom is 0.320 e. The molecule has 0 atom stereocenters. The van der Waals surface area contributed by atoms with Crippen molar-refractivity contribution in [2.75, 3.05) is 39.3 Å². The Kier molecular flexibility index (Phi) is 4.20. The summed E-state index contributed by atoms with van der Waals surface area (Å²) in [4.78, 5) is 28.6. The number of carbonyl (C=O) groups is 1. The quantitative estimate of drug-likeness (QED) is 0.690. The number of urea groups is 1. The van der Waals surface area contributed by atoms with Crippen LogP contribution in [0.5, 0.6) is 0 Å². The Morgan fingerprint density at radius 3 is 2.35 bits per heavy atom. The average molecular weight is 466 g/mol. The van der Waals surface area contributed by atoms with Gasteiger partial charge in [0.25, 0.3) is 0 Å². The van der Waals surface area contributed by atoms with Crippen LogP contribution in [0.25, 0.3) is 0 Å². The lowest BCUT2D eigenvalue weighted by atomic mass is 9.60. The van der Waals surface area contributed by atoms with Crippen LogP contribution in [0, 0.1) is 10.8 Å². The van der Waals surface area contributed by atoms with E-state index in [1.54, 1.807) is 6.26 Å². The zero-order valence-corrected chi connectivity index (χ0v) is 20.5. The Bertz CT molecular complexity index is 1100. The molecule has 2 spiro atoms. The minimum atomic E-state index is 0.0124. The summed E-state index contributed by atoms with van der Waals surface area (Å²) in [6.45, 7) is 12.8. The largest absolute Gasteiger partial charge is 0.447 e. The van der Waals surface area contributed by atoms with Gasteiger partial charge in [-0.1, -0.05) is 20.8 Å². The van der Waals surface area contributed by atoms with Crippen molar-refractivity contribution in [2.45, 2.75) is 70.4 Å². The molecule has 182 valence electrons. The predicted molar refractivity (Wildman–Crippen MR) is 124 cm³/mol. The number of hydrogen-bond acceptors (Lipinski definition) is 6. The zero-order chi connectivity index (χ0) is 23.3. The predicted octanol–water partition coefficient (Wildman–Crippen LogP) is 3.02. The number of nitrogens with zero attached hydrogens (tertiary/aromatic N) is 7. The molecule has 0 radical (unpaired) electrons. The van der Waals surface area contributed by atoms with E-state index in [4.69, 9.17) is 9.52 Å². The summed E-state index contributed by atoms with van der Waals surface area (Å²) in [6, 6.07) is 0.700. The summed E-state index contributed by atoms with van der Waals surface area (Å²) in [7, 11) is 0. The molecule has 2 aliphatic carbocycles. The third kappa shape index (κ3) is 3.38. The molecule has 0 unspecified atom stereocenters. The minimum Gasteiger partial charge on any atom is -0.447 e.